The van der Waals surface area contributed by atoms with Gasteiger partial charge in [0.25, 0.3) is 0 Å². The summed E-state index contributed by atoms with van der Waals surface area (Å²) in [6.45, 7) is 4.49. The number of hydrogen-bond donors (Lipinski definition) is 2. The number of carbonyl (C=O) groups is 1. The molecule has 0 aromatic carbocycles. The minimum atomic E-state index is 0.125. The van der Waals surface area contributed by atoms with Gasteiger partial charge in [-0.1, -0.05) is 12.8 Å². The van der Waals surface area contributed by atoms with E-state index in [1.54, 1.807) is 0 Å². The lowest BCUT2D eigenvalue weighted by Gasteiger charge is -2.29. The summed E-state index contributed by atoms with van der Waals surface area (Å²) >= 11 is 0. The van der Waals surface area contributed by atoms with Crippen molar-refractivity contribution >= 4 is 5.91 Å². The first-order valence-corrected chi connectivity index (χ1v) is 6.35. The molecule has 0 aromatic rings. The van der Waals surface area contributed by atoms with Gasteiger partial charge in [0.2, 0.25) is 5.91 Å². The van der Waals surface area contributed by atoms with E-state index in [1.807, 2.05) is 6.92 Å². The Kier molecular flexibility index (Phi) is 6.42. The zero-order valence-electron chi connectivity index (χ0n) is 10.2. The molecule has 1 rings (SSSR count). The number of carbonyl (C=O) groups excluding carboxylic acids is 1. The van der Waals surface area contributed by atoms with Gasteiger partial charge in [0.05, 0.1) is 6.61 Å². The van der Waals surface area contributed by atoms with E-state index < -0.39 is 0 Å². The van der Waals surface area contributed by atoms with E-state index in [-0.39, 0.29) is 11.8 Å². The van der Waals surface area contributed by atoms with Gasteiger partial charge in [0, 0.05) is 19.1 Å². The minimum absolute atomic E-state index is 0.125. The Labute approximate surface area is 97.9 Å². The lowest BCUT2D eigenvalue weighted by molar-refractivity contribution is -0.127. The number of ether oxygens (including phenoxy) is 1. The van der Waals surface area contributed by atoms with Crippen LogP contribution in [0.3, 0.4) is 0 Å². The first kappa shape index (κ1) is 13.5. The molecule has 1 aliphatic carbocycles. The Morgan fingerprint density at radius 1 is 1.44 bits per heavy atom. The summed E-state index contributed by atoms with van der Waals surface area (Å²) in [5.74, 6) is 0.663. The van der Waals surface area contributed by atoms with Crippen molar-refractivity contribution in [2.75, 3.05) is 26.3 Å². The molecule has 1 fully saturated rings. The molecular weight excluding hydrogens is 204 g/mol. The monoisotopic (exact) mass is 228 g/mol. The summed E-state index contributed by atoms with van der Waals surface area (Å²) < 4.78 is 5.18. The molecule has 0 spiro atoms. The maximum absolute atomic E-state index is 11.9. The van der Waals surface area contributed by atoms with Crippen LogP contribution in [0, 0.1) is 11.8 Å². The van der Waals surface area contributed by atoms with Crippen LogP contribution in [-0.4, -0.2) is 32.2 Å². The van der Waals surface area contributed by atoms with Crippen molar-refractivity contribution < 1.29 is 9.53 Å². The number of amides is 1. The van der Waals surface area contributed by atoms with Gasteiger partial charge in [-0.15, -0.1) is 0 Å². The Balaban J connectivity index is 2.27. The zero-order valence-corrected chi connectivity index (χ0v) is 10.2. The summed E-state index contributed by atoms with van der Waals surface area (Å²) in [6.07, 6.45) is 4.45. The van der Waals surface area contributed by atoms with Gasteiger partial charge >= 0.3 is 0 Å². The molecule has 4 heteroatoms. The quantitative estimate of drug-likeness (QED) is 0.664. The van der Waals surface area contributed by atoms with Crippen LogP contribution in [0.15, 0.2) is 0 Å². The smallest absolute Gasteiger partial charge is 0.223 e. The van der Waals surface area contributed by atoms with Crippen molar-refractivity contribution in [1.29, 1.82) is 0 Å². The van der Waals surface area contributed by atoms with E-state index in [9.17, 15) is 4.79 Å². The van der Waals surface area contributed by atoms with Crippen molar-refractivity contribution in [3.05, 3.63) is 0 Å². The van der Waals surface area contributed by atoms with Crippen molar-refractivity contribution in [3.8, 4) is 0 Å². The number of nitrogens with two attached hydrogens (primary N) is 1. The number of rotatable bonds is 6. The van der Waals surface area contributed by atoms with Gasteiger partial charge in [-0.2, -0.15) is 0 Å². The summed E-state index contributed by atoms with van der Waals surface area (Å²) in [5, 5.41) is 2.93. The van der Waals surface area contributed by atoms with E-state index in [2.05, 4.69) is 5.32 Å². The second-order valence-corrected chi connectivity index (χ2v) is 4.37. The molecule has 0 bridgehead atoms. The molecule has 0 saturated heterocycles. The first-order chi connectivity index (χ1) is 7.79. The van der Waals surface area contributed by atoms with Crippen LogP contribution >= 0.6 is 0 Å². The molecule has 1 aliphatic rings. The summed E-state index contributed by atoms with van der Waals surface area (Å²) in [5.41, 5.74) is 5.70. The highest BCUT2D eigenvalue weighted by Crippen LogP contribution is 2.29. The lowest BCUT2D eigenvalue weighted by Crippen LogP contribution is -2.40. The molecule has 0 heterocycles. The molecule has 16 heavy (non-hydrogen) atoms. The normalized spacial score (nSPS) is 25.4. The topological polar surface area (TPSA) is 64.3 Å². The maximum Gasteiger partial charge on any atom is 0.223 e. The summed E-state index contributed by atoms with van der Waals surface area (Å²) in [7, 11) is 0. The second kappa shape index (κ2) is 7.63. The first-order valence-electron chi connectivity index (χ1n) is 6.35. The summed E-state index contributed by atoms with van der Waals surface area (Å²) in [4.78, 5) is 11.9. The fraction of sp³-hybridized carbons (Fsp3) is 0.917. The average molecular weight is 228 g/mol. The van der Waals surface area contributed by atoms with Crippen LogP contribution in [-0.2, 0) is 9.53 Å². The largest absolute Gasteiger partial charge is 0.380 e. The van der Waals surface area contributed by atoms with Gasteiger partial charge < -0.3 is 15.8 Å². The Morgan fingerprint density at radius 2 is 2.19 bits per heavy atom. The van der Waals surface area contributed by atoms with Crippen molar-refractivity contribution in [3.63, 3.8) is 0 Å². The molecule has 0 aromatic heterocycles. The molecule has 94 valence electrons. The van der Waals surface area contributed by atoms with E-state index in [0.717, 1.165) is 19.3 Å². The standard InChI is InChI=1S/C12H24N2O2/c1-2-16-8-7-14-12(15)11-6-4-3-5-10(11)9-13/h10-11H,2-9,13H2,1H3,(H,14,15). The molecule has 1 amide bonds. The van der Waals surface area contributed by atoms with E-state index in [1.165, 1.54) is 6.42 Å². The third-order valence-corrected chi connectivity index (χ3v) is 3.30. The van der Waals surface area contributed by atoms with Crippen LogP contribution in [0.1, 0.15) is 32.6 Å². The molecule has 3 N–H and O–H groups in total. The van der Waals surface area contributed by atoms with Gasteiger partial charge in [0.1, 0.15) is 0 Å². The molecule has 0 aliphatic heterocycles. The van der Waals surface area contributed by atoms with Crippen LogP contribution < -0.4 is 11.1 Å². The highest BCUT2D eigenvalue weighted by atomic mass is 16.5. The molecule has 2 atom stereocenters. The van der Waals surface area contributed by atoms with Crippen molar-refractivity contribution in [2.45, 2.75) is 32.6 Å². The third kappa shape index (κ3) is 4.10. The molecule has 2 unspecified atom stereocenters. The zero-order chi connectivity index (χ0) is 11.8. The SMILES string of the molecule is CCOCCNC(=O)C1CCCCC1CN. The second-order valence-electron chi connectivity index (χ2n) is 4.37. The van der Waals surface area contributed by atoms with Crippen LogP contribution in [0.5, 0.6) is 0 Å². The van der Waals surface area contributed by atoms with Crippen LogP contribution in [0.25, 0.3) is 0 Å². The Bertz CT molecular complexity index is 209. The van der Waals surface area contributed by atoms with Crippen LogP contribution in [0.2, 0.25) is 0 Å². The summed E-state index contributed by atoms with van der Waals surface area (Å²) in [6, 6.07) is 0. The number of nitrogens with one attached hydrogen (secondary N) is 1. The highest BCUT2D eigenvalue weighted by molar-refractivity contribution is 5.79. The van der Waals surface area contributed by atoms with Gasteiger partial charge in [-0.05, 0) is 32.2 Å². The Morgan fingerprint density at radius 3 is 2.88 bits per heavy atom. The van der Waals surface area contributed by atoms with E-state index in [4.69, 9.17) is 10.5 Å². The highest BCUT2D eigenvalue weighted by Gasteiger charge is 2.29. The van der Waals surface area contributed by atoms with Crippen LogP contribution in [0.4, 0.5) is 0 Å². The molecule has 1 saturated carbocycles. The van der Waals surface area contributed by atoms with E-state index in [0.29, 0.717) is 32.2 Å². The predicted octanol–water partition coefficient (Wildman–Crippen LogP) is 0.904. The lowest BCUT2D eigenvalue weighted by atomic mass is 9.79. The maximum atomic E-state index is 11.9. The van der Waals surface area contributed by atoms with E-state index >= 15 is 0 Å². The average Bonchev–Trinajstić information content (AvgIpc) is 2.34. The predicted molar refractivity (Wildman–Crippen MR) is 64.0 cm³/mol. The van der Waals surface area contributed by atoms with Crippen molar-refractivity contribution in [1.82, 2.24) is 5.32 Å². The molecular formula is C12H24N2O2. The number of hydrogen-bond acceptors (Lipinski definition) is 3. The fourth-order valence-electron chi connectivity index (χ4n) is 2.36. The van der Waals surface area contributed by atoms with Crippen molar-refractivity contribution in [2.24, 2.45) is 17.6 Å². The fourth-order valence-corrected chi connectivity index (χ4v) is 2.36. The Hall–Kier alpha value is -0.610. The molecule has 0 radical (unpaired) electrons. The van der Waals surface area contributed by atoms with Gasteiger partial charge in [-0.3, -0.25) is 4.79 Å². The van der Waals surface area contributed by atoms with Gasteiger partial charge in [-0.25, -0.2) is 0 Å². The third-order valence-electron chi connectivity index (χ3n) is 3.30. The minimum Gasteiger partial charge on any atom is -0.380 e. The van der Waals surface area contributed by atoms with Gasteiger partial charge in [0.15, 0.2) is 0 Å². The molecule has 4 nitrogen and oxygen atoms in total.